The number of alkyl halides is 1. The number of halogens is 3. The van der Waals surface area contributed by atoms with Gasteiger partial charge < -0.3 is 25.2 Å². The number of carbonyl (C=O) groups excluding carboxylic acids is 3. The van der Waals surface area contributed by atoms with Crippen LogP contribution in [-0.4, -0.2) is 77.9 Å². The average Bonchev–Trinajstić information content (AvgIpc) is 3.37. The molecule has 1 aliphatic carbocycles. The normalized spacial score (nSPS) is 15.8. The zero-order chi connectivity index (χ0) is 40.0. The summed E-state index contributed by atoms with van der Waals surface area (Å²) in [4.78, 5) is 58.4. The topological polar surface area (TPSA) is 177 Å². The Hall–Kier alpha value is -3.76. The molecule has 290 valence electrons. The van der Waals surface area contributed by atoms with E-state index in [1.54, 1.807) is 11.8 Å². The second-order valence-electron chi connectivity index (χ2n) is 12.3. The number of amides is 3. The van der Waals surface area contributed by atoms with E-state index in [1.807, 2.05) is 32.0 Å². The molecule has 0 saturated heterocycles. The molecule has 0 spiro atoms. The van der Waals surface area contributed by atoms with E-state index in [0.717, 1.165) is 47.0 Å². The molecular weight excluding hydrogens is 751 g/mol. The average molecular weight is 799 g/mol. The van der Waals surface area contributed by atoms with Crippen molar-refractivity contribution in [3.8, 4) is 18.1 Å². The van der Waals surface area contributed by atoms with Crippen molar-refractivity contribution in [1.82, 2.24) is 0 Å². The van der Waals surface area contributed by atoms with E-state index >= 15 is 0 Å². The van der Waals surface area contributed by atoms with Crippen LogP contribution in [0.2, 0.25) is 5.02 Å². The first kappa shape index (κ1) is 45.4. The van der Waals surface area contributed by atoms with Crippen molar-refractivity contribution in [3.63, 3.8) is 0 Å². The fourth-order valence-corrected chi connectivity index (χ4v) is 6.47. The van der Waals surface area contributed by atoms with Crippen molar-refractivity contribution in [2.24, 2.45) is 5.73 Å². The molecule has 3 unspecified atom stereocenters. The summed E-state index contributed by atoms with van der Waals surface area (Å²) < 4.78 is 35.8. The number of anilines is 2. The summed E-state index contributed by atoms with van der Waals surface area (Å²) in [5, 5.41) is 8.31. The third kappa shape index (κ3) is 13.0. The van der Waals surface area contributed by atoms with Gasteiger partial charge >= 0.3 is 5.97 Å². The summed E-state index contributed by atoms with van der Waals surface area (Å²) in [5.74, 6) is -0.501. The minimum atomic E-state index is -3.10. The number of carboxylic acids is 1. The van der Waals surface area contributed by atoms with Crippen LogP contribution in [0.15, 0.2) is 41.5 Å². The Morgan fingerprint density at radius 3 is 2.26 bits per heavy atom. The van der Waals surface area contributed by atoms with E-state index in [4.69, 9.17) is 54.8 Å². The molecule has 4 N–H and O–H groups in total. The first-order valence-corrected chi connectivity index (χ1v) is 20.1. The molecule has 0 fully saturated rings. The number of hydrogen-bond donors (Lipinski definition) is 3. The van der Waals surface area contributed by atoms with Gasteiger partial charge in [0.2, 0.25) is 5.91 Å². The van der Waals surface area contributed by atoms with Gasteiger partial charge in [-0.3, -0.25) is 28.6 Å². The summed E-state index contributed by atoms with van der Waals surface area (Å²) in [6.45, 7) is 9.60. The monoisotopic (exact) mass is 797 g/mol. The Labute approximate surface area is 319 Å². The quantitative estimate of drug-likeness (QED) is 0.0673. The summed E-state index contributed by atoms with van der Waals surface area (Å²) in [6, 6.07) is 7.27. The van der Waals surface area contributed by atoms with Crippen LogP contribution in [0.3, 0.4) is 0 Å². The lowest BCUT2D eigenvalue weighted by molar-refractivity contribution is -0.138. The summed E-state index contributed by atoms with van der Waals surface area (Å²) in [5.41, 5.74) is 9.03. The van der Waals surface area contributed by atoms with Crippen LogP contribution in [0.25, 0.3) is 0 Å². The highest BCUT2D eigenvalue weighted by molar-refractivity contribution is 7.57. The highest BCUT2D eigenvalue weighted by Crippen LogP contribution is 2.40. The largest absolute Gasteiger partial charge is 0.480 e. The van der Waals surface area contributed by atoms with Crippen LogP contribution in [0.4, 0.5) is 15.8 Å². The molecule has 53 heavy (non-hydrogen) atoms. The first-order chi connectivity index (χ1) is 24.9. The zero-order valence-electron chi connectivity index (χ0n) is 30.5. The predicted octanol–water partition coefficient (Wildman–Crippen LogP) is 6.44. The number of benzene rings is 2. The van der Waals surface area contributed by atoms with Crippen LogP contribution >= 0.6 is 30.6 Å². The molecule has 4 rings (SSSR count). The third-order valence-corrected chi connectivity index (χ3v) is 9.77. The second kappa shape index (κ2) is 21.2. The van der Waals surface area contributed by atoms with Crippen LogP contribution in [-0.2, 0) is 34.9 Å². The Morgan fingerprint density at radius 1 is 1.17 bits per heavy atom. The van der Waals surface area contributed by atoms with Crippen molar-refractivity contribution in [3.05, 3.63) is 63.4 Å². The van der Waals surface area contributed by atoms with Crippen molar-refractivity contribution >= 4 is 65.6 Å². The molecule has 0 aromatic heterocycles. The SMILES string of the molecule is C#CC(C)Oc1cc(N2C(=O)C3=C(CCCC3)C2=O)c(F)cc1Cl.CCOCN(C(=O)CCl)c1c(C)cccc1CC.CP(=O)(O)CCC(N)C(=O)O. The number of aryl methyl sites for hydroxylation is 2. The molecule has 3 atom stereocenters. The number of carboxylic acid groups (broad SMARTS) is 1. The van der Waals surface area contributed by atoms with Gasteiger partial charge in [0.25, 0.3) is 11.8 Å². The molecule has 0 bridgehead atoms. The maximum absolute atomic E-state index is 14.4. The molecule has 3 amide bonds. The summed E-state index contributed by atoms with van der Waals surface area (Å²) in [7, 11) is -3.10. The number of para-hydroxylation sites is 1. The van der Waals surface area contributed by atoms with E-state index < -0.39 is 43.1 Å². The van der Waals surface area contributed by atoms with Gasteiger partial charge in [0.1, 0.15) is 30.2 Å². The number of carbonyl (C=O) groups is 4. The minimum Gasteiger partial charge on any atom is -0.480 e. The van der Waals surface area contributed by atoms with Crippen molar-refractivity contribution in [2.75, 3.05) is 41.8 Å². The first-order valence-electron chi connectivity index (χ1n) is 16.9. The van der Waals surface area contributed by atoms with E-state index in [9.17, 15) is 28.1 Å². The number of ether oxygens (including phenoxy) is 2. The maximum Gasteiger partial charge on any atom is 0.320 e. The van der Waals surface area contributed by atoms with Crippen LogP contribution < -0.4 is 20.3 Å². The van der Waals surface area contributed by atoms with Crippen molar-refractivity contribution in [1.29, 1.82) is 0 Å². The zero-order valence-corrected chi connectivity index (χ0v) is 32.9. The smallest absolute Gasteiger partial charge is 0.320 e. The molecule has 0 radical (unpaired) electrons. The van der Waals surface area contributed by atoms with Gasteiger partial charge in [-0.2, -0.15) is 0 Å². The van der Waals surface area contributed by atoms with E-state index in [0.29, 0.717) is 30.6 Å². The third-order valence-electron chi connectivity index (χ3n) is 8.16. The molecule has 2 aromatic rings. The highest BCUT2D eigenvalue weighted by atomic mass is 35.5. The Balaban J connectivity index is 0.000000297. The Kier molecular flexibility index (Phi) is 18.2. The second-order valence-corrected chi connectivity index (χ2v) is 15.5. The van der Waals surface area contributed by atoms with Gasteiger partial charge in [-0.1, -0.05) is 42.6 Å². The summed E-state index contributed by atoms with van der Waals surface area (Å²) >= 11 is 11.6. The fraction of sp³-hybridized carbons (Fsp3) is 0.459. The van der Waals surface area contributed by atoms with Gasteiger partial charge in [-0.05, 0) is 76.5 Å². The standard InChI is InChI=1S/C18H15ClFNO3.C14H20ClNO2.C5H12NO4P/c1-3-10(2)24-16-9-15(14(20)8-13(16)19)21-17(22)11-6-4-5-7-12(11)18(21)23;1-4-12-8-6-7-11(3)14(12)16(10-18-5-2)13(17)9-15;1-11(9,10)3-2-4(6)5(7)8/h1,8-10H,4-7H2,2H3;6-8H,4-5,9-10H2,1-3H3;4H,2-3,6H2,1H3,(H,7,8)(H,9,10). The molecule has 2 aromatic carbocycles. The van der Waals surface area contributed by atoms with Crippen LogP contribution in [0, 0.1) is 25.1 Å². The number of rotatable bonds is 13. The van der Waals surface area contributed by atoms with E-state index in [-0.39, 0.29) is 47.6 Å². The molecule has 2 aliphatic rings. The number of terminal acetylenes is 1. The lowest BCUT2D eigenvalue weighted by atomic mass is 9.93. The van der Waals surface area contributed by atoms with E-state index in [2.05, 4.69) is 12.8 Å². The number of hydrogen-bond acceptors (Lipinski definition) is 8. The molecule has 12 nitrogen and oxygen atoms in total. The van der Waals surface area contributed by atoms with E-state index in [1.165, 1.54) is 12.7 Å². The van der Waals surface area contributed by atoms with Gasteiger partial charge in [0.05, 0.1) is 16.4 Å². The van der Waals surface area contributed by atoms with Gasteiger partial charge in [-0.15, -0.1) is 18.0 Å². The lowest BCUT2D eigenvalue weighted by Crippen LogP contribution is -2.35. The van der Waals surface area contributed by atoms with Gasteiger partial charge in [-0.25, -0.2) is 9.29 Å². The molecule has 16 heteroatoms. The Bertz CT molecular complexity index is 1750. The molecule has 0 saturated carbocycles. The van der Waals surface area contributed by atoms with Gasteiger partial charge in [0, 0.05) is 36.6 Å². The van der Waals surface area contributed by atoms with Crippen LogP contribution in [0.1, 0.15) is 64.0 Å². The molecule has 1 aliphatic heterocycles. The van der Waals surface area contributed by atoms with Crippen LogP contribution in [0.5, 0.6) is 5.75 Å². The van der Waals surface area contributed by atoms with Crippen molar-refractivity contribution < 1.29 is 47.6 Å². The maximum atomic E-state index is 14.4. The number of nitrogens with zero attached hydrogens (tertiary/aromatic N) is 2. The number of imide groups is 1. The van der Waals surface area contributed by atoms with Gasteiger partial charge in [0.15, 0.2) is 13.5 Å². The lowest BCUT2D eigenvalue weighted by Gasteiger charge is -2.25. The highest BCUT2D eigenvalue weighted by Gasteiger charge is 2.41. The fourth-order valence-electron chi connectivity index (χ4n) is 5.37. The molecule has 1 heterocycles. The summed E-state index contributed by atoms with van der Waals surface area (Å²) in [6.07, 6.45) is 8.34. The number of nitrogens with two attached hydrogens (primary N) is 1. The number of aliphatic carboxylic acids is 1. The van der Waals surface area contributed by atoms with Crippen molar-refractivity contribution in [2.45, 2.75) is 78.4 Å². The predicted molar refractivity (Wildman–Crippen MR) is 204 cm³/mol. The Morgan fingerprint density at radius 2 is 1.77 bits per heavy atom. The minimum absolute atomic E-state index is 0.0233. The molecular formula is C37H47Cl2FN3O9P.